The Labute approximate surface area is 158 Å². The van der Waals surface area contributed by atoms with E-state index in [0.717, 1.165) is 10.6 Å². The molecule has 134 valence electrons. The number of nitrogens with one attached hydrogen (secondary N) is 1. The van der Waals surface area contributed by atoms with Crippen LogP contribution in [-0.4, -0.2) is 38.4 Å². The van der Waals surface area contributed by atoms with Crippen molar-refractivity contribution in [3.63, 3.8) is 0 Å². The van der Waals surface area contributed by atoms with Crippen molar-refractivity contribution in [1.29, 1.82) is 0 Å². The predicted molar refractivity (Wildman–Crippen MR) is 98.4 cm³/mol. The largest absolute Gasteiger partial charge is 0.354 e. The van der Waals surface area contributed by atoms with Crippen molar-refractivity contribution in [2.75, 3.05) is 12.3 Å². The number of benzene rings is 2. The van der Waals surface area contributed by atoms with Crippen molar-refractivity contribution in [2.45, 2.75) is 11.4 Å². The summed E-state index contributed by atoms with van der Waals surface area (Å²) < 4.78 is 12.9. The summed E-state index contributed by atoms with van der Waals surface area (Å²) in [7, 11) is 0. The number of rotatable bonds is 7. The molecule has 1 N–H and O–H groups in total. The number of nitrogens with zero attached hydrogens (tertiary/aromatic N) is 4. The number of carbonyl (C=O) groups excluding carboxylic acids is 1. The molecule has 0 aliphatic heterocycles. The zero-order valence-electron chi connectivity index (χ0n) is 13.6. The van der Waals surface area contributed by atoms with Crippen molar-refractivity contribution >= 4 is 29.3 Å². The van der Waals surface area contributed by atoms with E-state index in [0.29, 0.717) is 23.0 Å². The lowest BCUT2D eigenvalue weighted by atomic mass is 10.2. The third kappa shape index (κ3) is 5.27. The van der Waals surface area contributed by atoms with Gasteiger partial charge in [-0.05, 0) is 53.7 Å². The molecule has 3 aromatic rings. The van der Waals surface area contributed by atoms with Gasteiger partial charge in [-0.1, -0.05) is 11.6 Å². The lowest BCUT2D eigenvalue weighted by Gasteiger charge is -2.04. The molecule has 2 aromatic carbocycles. The van der Waals surface area contributed by atoms with Gasteiger partial charge in [0.15, 0.2) is 0 Å². The highest BCUT2D eigenvalue weighted by atomic mass is 35.5. The van der Waals surface area contributed by atoms with Gasteiger partial charge in [-0.3, -0.25) is 4.79 Å². The highest BCUT2D eigenvalue weighted by molar-refractivity contribution is 7.99. The molecule has 1 heterocycles. The van der Waals surface area contributed by atoms with Crippen molar-refractivity contribution in [2.24, 2.45) is 0 Å². The van der Waals surface area contributed by atoms with E-state index in [1.807, 2.05) is 24.3 Å². The Hall–Kier alpha value is -2.45. The number of carbonyl (C=O) groups is 1. The second-order valence-electron chi connectivity index (χ2n) is 5.30. The molecule has 0 atom stereocenters. The number of hydrogen-bond donors (Lipinski definition) is 1. The molecule has 0 saturated heterocycles. The van der Waals surface area contributed by atoms with Crippen molar-refractivity contribution in [3.05, 3.63) is 59.4 Å². The zero-order valence-corrected chi connectivity index (χ0v) is 15.2. The minimum atomic E-state index is -0.336. The zero-order chi connectivity index (χ0) is 18.4. The molecule has 0 fully saturated rings. The van der Waals surface area contributed by atoms with Crippen LogP contribution in [0.1, 0.15) is 0 Å². The lowest BCUT2D eigenvalue weighted by molar-refractivity contribution is -0.121. The van der Waals surface area contributed by atoms with Gasteiger partial charge < -0.3 is 5.32 Å². The Bertz CT molecular complexity index is 870. The maximum Gasteiger partial charge on any atom is 0.243 e. The quantitative estimate of drug-likeness (QED) is 0.495. The smallest absolute Gasteiger partial charge is 0.243 e. The summed E-state index contributed by atoms with van der Waals surface area (Å²) in [6.45, 7) is 0.492. The summed E-state index contributed by atoms with van der Waals surface area (Å²) >= 11 is 7.46. The summed E-state index contributed by atoms with van der Waals surface area (Å²) in [4.78, 5) is 14.2. The maximum atomic E-state index is 12.9. The van der Waals surface area contributed by atoms with E-state index in [4.69, 9.17) is 11.6 Å². The fraction of sp³-hybridized carbons (Fsp3) is 0.176. The van der Waals surface area contributed by atoms with Crippen LogP contribution in [0.4, 0.5) is 4.39 Å². The fourth-order valence-electron chi connectivity index (χ4n) is 2.10. The molecule has 0 saturated carbocycles. The van der Waals surface area contributed by atoms with Gasteiger partial charge in [-0.25, -0.2) is 4.39 Å². The first-order chi connectivity index (χ1) is 12.6. The summed E-state index contributed by atoms with van der Waals surface area (Å²) in [6, 6.07) is 13.3. The molecule has 0 spiro atoms. The van der Waals surface area contributed by atoms with E-state index >= 15 is 0 Å². The summed E-state index contributed by atoms with van der Waals surface area (Å²) in [5.74, 6) is 0.539. The van der Waals surface area contributed by atoms with Gasteiger partial charge >= 0.3 is 0 Å². The molecule has 1 aromatic heterocycles. The van der Waals surface area contributed by atoms with Crippen LogP contribution in [0.15, 0.2) is 53.4 Å². The molecule has 0 bridgehead atoms. The van der Waals surface area contributed by atoms with E-state index < -0.39 is 0 Å². The van der Waals surface area contributed by atoms with Gasteiger partial charge in [0.05, 0.1) is 0 Å². The summed E-state index contributed by atoms with van der Waals surface area (Å²) in [5, 5.41) is 15.3. The second kappa shape index (κ2) is 8.77. The Balaban J connectivity index is 1.43. The standard InChI is InChI=1S/C17H15ClFN5OS/c18-13-3-7-15(8-4-13)26-10-9-20-16(25)11-24-22-17(21-23-24)12-1-5-14(19)6-2-12/h1-8H,9-11H2,(H,20,25). The average molecular weight is 392 g/mol. The minimum absolute atomic E-state index is 0.0280. The average Bonchev–Trinajstić information content (AvgIpc) is 3.09. The first kappa shape index (κ1) is 18.3. The van der Waals surface area contributed by atoms with Crippen LogP contribution in [-0.2, 0) is 11.3 Å². The van der Waals surface area contributed by atoms with E-state index in [1.54, 1.807) is 23.9 Å². The van der Waals surface area contributed by atoms with Crippen LogP contribution in [0.25, 0.3) is 11.4 Å². The van der Waals surface area contributed by atoms with Gasteiger partial charge in [0, 0.05) is 27.8 Å². The first-order valence-electron chi connectivity index (χ1n) is 7.79. The van der Waals surface area contributed by atoms with Crippen LogP contribution in [0, 0.1) is 5.82 Å². The molecule has 26 heavy (non-hydrogen) atoms. The van der Waals surface area contributed by atoms with Gasteiger partial charge in [0.1, 0.15) is 12.4 Å². The minimum Gasteiger partial charge on any atom is -0.354 e. The van der Waals surface area contributed by atoms with Crippen LogP contribution in [0.2, 0.25) is 5.02 Å². The molecule has 9 heteroatoms. The van der Waals surface area contributed by atoms with Crippen LogP contribution in [0.3, 0.4) is 0 Å². The number of aromatic nitrogens is 4. The number of halogens is 2. The van der Waals surface area contributed by atoms with Gasteiger partial charge in [-0.15, -0.1) is 22.0 Å². The Morgan fingerprint density at radius 1 is 1.15 bits per heavy atom. The van der Waals surface area contributed by atoms with Crippen molar-refractivity contribution in [3.8, 4) is 11.4 Å². The van der Waals surface area contributed by atoms with Crippen molar-refractivity contribution < 1.29 is 9.18 Å². The topological polar surface area (TPSA) is 72.7 Å². The number of amides is 1. The SMILES string of the molecule is O=C(Cn1nnc(-c2ccc(F)cc2)n1)NCCSc1ccc(Cl)cc1. The molecule has 6 nitrogen and oxygen atoms in total. The van der Waals surface area contributed by atoms with E-state index in [9.17, 15) is 9.18 Å². The molecule has 0 aliphatic rings. The molecule has 3 rings (SSSR count). The normalized spacial score (nSPS) is 10.7. The Morgan fingerprint density at radius 2 is 1.88 bits per heavy atom. The number of hydrogen-bond acceptors (Lipinski definition) is 5. The fourth-order valence-corrected chi connectivity index (χ4v) is 2.99. The molecular formula is C17H15ClFN5OS. The molecule has 0 unspecified atom stereocenters. The van der Waals surface area contributed by atoms with Crippen LogP contribution >= 0.6 is 23.4 Å². The van der Waals surface area contributed by atoms with Gasteiger partial charge in [0.25, 0.3) is 0 Å². The highest BCUT2D eigenvalue weighted by Gasteiger charge is 2.09. The molecule has 0 radical (unpaired) electrons. The molecular weight excluding hydrogens is 377 g/mol. The second-order valence-corrected chi connectivity index (χ2v) is 6.91. The highest BCUT2D eigenvalue weighted by Crippen LogP contribution is 2.19. The van der Waals surface area contributed by atoms with Crippen LogP contribution < -0.4 is 5.32 Å². The van der Waals surface area contributed by atoms with Gasteiger partial charge in [-0.2, -0.15) is 4.80 Å². The van der Waals surface area contributed by atoms with E-state index in [2.05, 4.69) is 20.7 Å². The summed E-state index contributed by atoms with van der Waals surface area (Å²) in [5.41, 5.74) is 0.637. The predicted octanol–water partition coefficient (Wildman–Crippen LogP) is 3.04. The maximum absolute atomic E-state index is 12.9. The van der Waals surface area contributed by atoms with Crippen molar-refractivity contribution in [1.82, 2.24) is 25.5 Å². The third-order valence-corrected chi connectivity index (χ3v) is 4.61. The first-order valence-corrected chi connectivity index (χ1v) is 9.15. The number of thioether (sulfide) groups is 1. The lowest BCUT2D eigenvalue weighted by Crippen LogP contribution is -2.30. The Kier molecular flexibility index (Phi) is 6.19. The van der Waals surface area contributed by atoms with E-state index in [-0.39, 0.29) is 18.3 Å². The van der Waals surface area contributed by atoms with E-state index in [1.165, 1.54) is 16.9 Å². The number of tetrazole rings is 1. The van der Waals surface area contributed by atoms with Gasteiger partial charge in [0.2, 0.25) is 11.7 Å². The third-order valence-electron chi connectivity index (χ3n) is 3.35. The Morgan fingerprint density at radius 3 is 2.62 bits per heavy atom. The molecule has 1 amide bonds. The molecule has 0 aliphatic carbocycles. The monoisotopic (exact) mass is 391 g/mol. The van der Waals surface area contributed by atoms with Crippen LogP contribution in [0.5, 0.6) is 0 Å². The summed E-state index contributed by atoms with van der Waals surface area (Å²) in [6.07, 6.45) is 0.